The van der Waals surface area contributed by atoms with Crippen LogP contribution in [0.4, 0.5) is 5.82 Å². The Kier molecular flexibility index (Phi) is 3.33. The van der Waals surface area contributed by atoms with Gasteiger partial charge in [-0.1, -0.05) is 30.3 Å². The number of nitrogens with zero attached hydrogens (tertiary/aromatic N) is 4. The Bertz CT molecular complexity index is 853. The van der Waals surface area contributed by atoms with Crippen LogP contribution in [0.2, 0.25) is 0 Å². The maximum atomic E-state index is 6.25. The average Bonchev–Trinajstić information content (AvgIpc) is 3.05. The molecule has 3 saturated heterocycles. The highest BCUT2D eigenvalue weighted by molar-refractivity contribution is 5.95. The molecule has 25 heavy (non-hydrogen) atoms. The van der Waals surface area contributed by atoms with Crippen molar-refractivity contribution in [3.05, 3.63) is 42.7 Å². The van der Waals surface area contributed by atoms with E-state index >= 15 is 0 Å². The lowest BCUT2D eigenvalue weighted by Crippen LogP contribution is -2.61. The fourth-order valence-electron chi connectivity index (χ4n) is 4.08. The highest BCUT2D eigenvalue weighted by atomic mass is 16.5. The number of ether oxygens (including phenoxy) is 1. The number of fused-ring (bicyclic) bond motifs is 2. The van der Waals surface area contributed by atoms with Gasteiger partial charge in [-0.2, -0.15) is 15.0 Å². The number of anilines is 1. The van der Waals surface area contributed by atoms with Crippen LogP contribution < -0.4 is 9.98 Å². The highest BCUT2D eigenvalue weighted by Gasteiger charge is 2.54. The Morgan fingerprint density at radius 3 is 2.76 bits per heavy atom. The number of nitrogens with one attached hydrogen (secondary N) is 1. The topological polar surface area (TPSA) is 64.4 Å². The number of amidine groups is 1. The standard InChI is InChI=1S/C19H19N5O/c1-2-4-14(5-3-1)16-10-17(22-13-21-16)23-18-20-11-19(25-18)12-24-8-6-15(19)7-9-24/h1-5,10-11,13,15H,6-9,12H2/p+1. The lowest BCUT2D eigenvalue weighted by atomic mass is 9.76. The first-order valence-electron chi connectivity index (χ1n) is 8.79. The summed E-state index contributed by atoms with van der Waals surface area (Å²) >= 11 is 0. The summed E-state index contributed by atoms with van der Waals surface area (Å²) in [6.07, 6.45) is 5.93. The minimum atomic E-state index is -0.256. The van der Waals surface area contributed by atoms with E-state index < -0.39 is 0 Å². The van der Waals surface area contributed by atoms with Gasteiger partial charge in [0.2, 0.25) is 17.6 Å². The second-order valence-electron chi connectivity index (χ2n) is 6.95. The van der Waals surface area contributed by atoms with Crippen LogP contribution in [-0.4, -0.2) is 52.3 Å². The summed E-state index contributed by atoms with van der Waals surface area (Å²) in [4.78, 5) is 11.1. The van der Waals surface area contributed by atoms with Crippen molar-refractivity contribution in [3.63, 3.8) is 0 Å². The van der Waals surface area contributed by atoms with E-state index in [1.165, 1.54) is 25.9 Å². The summed E-state index contributed by atoms with van der Waals surface area (Å²) in [5, 5.41) is 3.21. The molecule has 6 heteroatoms. The second-order valence-corrected chi connectivity index (χ2v) is 6.95. The van der Waals surface area contributed by atoms with Crippen molar-refractivity contribution < 1.29 is 4.74 Å². The van der Waals surface area contributed by atoms with Crippen molar-refractivity contribution in [2.75, 3.05) is 25.0 Å². The maximum absolute atomic E-state index is 6.25. The predicted octanol–water partition coefficient (Wildman–Crippen LogP) is 1.54. The van der Waals surface area contributed by atoms with Gasteiger partial charge in [0.05, 0.1) is 5.69 Å². The lowest BCUT2D eigenvalue weighted by Gasteiger charge is -2.47. The van der Waals surface area contributed by atoms with Gasteiger partial charge in [0.25, 0.3) is 0 Å². The predicted molar refractivity (Wildman–Crippen MR) is 97.3 cm³/mol. The SMILES string of the molecule is C1=[N+]=C(Nc2cc(-c3ccccc3)ncn2)OC12CN1CCC2CC1. The average molecular weight is 334 g/mol. The molecule has 2 bridgehead atoms. The number of benzene rings is 1. The Morgan fingerprint density at radius 1 is 1.16 bits per heavy atom. The van der Waals surface area contributed by atoms with Crippen LogP contribution in [0.15, 0.2) is 42.7 Å². The largest absolute Gasteiger partial charge is 0.554 e. The van der Waals surface area contributed by atoms with Gasteiger partial charge >= 0.3 is 6.02 Å². The molecule has 1 aromatic carbocycles. The van der Waals surface area contributed by atoms with Crippen LogP contribution >= 0.6 is 0 Å². The zero-order chi connectivity index (χ0) is 16.7. The molecule has 6 nitrogen and oxygen atoms in total. The molecule has 4 aliphatic heterocycles. The third-order valence-corrected chi connectivity index (χ3v) is 5.41. The summed E-state index contributed by atoms with van der Waals surface area (Å²) in [5.41, 5.74) is 1.68. The summed E-state index contributed by atoms with van der Waals surface area (Å²) in [7, 11) is 0. The molecular weight excluding hydrogens is 314 g/mol. The van der Waals surface area contributed by atoms with E-state index in [4.69, 9.17) is 4.74 Å². The van der Waals surface area contributed by atoms with Crippen LogP contribution in [-0.2, 0) is 4.74 Å². The fourth-order valence-corrected chi connectivity index (χ4v) is 4.08. The minimum Gasteiger partial charge on any atom is -0.401 e. The van der Waals surface area contributed by atoms with E-state index in [1.54, 1.807) is 6.33 Å². The van der Waals surface area contributed by atoms with Crippen LogP contribution in [0.25, 0.3) is 11.3 Å². The van der Waals surface area contributed by atoms with Crippen molar-refractivity contribution in [1.29, 1.82) is 0 Å². The maximum Gasteiger partial charge on any atom is 0.554 e. The molecule has 0 saturated carbocycles. The normalized spacial score (nSPS) is 29.5. The minimum absolute atomic E-state index is 0.256. The van der Waals surface area contributed by atoms with E-state index in [0.29, 0.717) is 17.8 Å². The summed E-state index contributed by atoms with van der Waals surface area (Å²) in [6.45, 7) is 3.29. The Labute approximate surface area is 146 Å². The molecule has 2 aromatic rings. The molecule has 3 fully saturated rings. The van der Waals surface area contributed by atoms with Gasteiger partial charge < -0.3 is 4.74 Å². The van der Waals surface area contributed by atoms with Crippen molar-refractivity contribution in [1.82, 2.24) is 19.5 Å². The molecule has 0 aliphatic carbocycles. The summed E-state index contributed by atoms with van der Waals surface area (Å²) in [5.74, 6) is 1.25. The van der Waals surface area contributed by atoms with Gasteiger partial charge in [-0.05, 0) is 25.9 Å². The molecule has 5 heterocycles. The first kappa shape index (κ1) is 14.6. The molecule has 1 N–H and O–H groups in total. The van der Waals surface area contributed by atoms with E-state index in [1.807, 2.05) is 42.6 Å². The van der Waals surface area contributed by atoms with E-state index in [9.17, 15) is 0 Å². The van der Waals surface area contributed by atoms with Gasteiger partial charge in [-0.3, -0.25) is 4.90 Å². The van der Waals surface area contributed by atoms with Gasteiger partial charge in [-0.15, -0.1) is 0 Å². The Hall–Kier alpha value is -2.69. The number of rotatable bonds is 2. The number of aromatic nitrogens is 2. The molecule has 6 rings (SSSR count). The van der Waals surface area contributed by atoms with E-state index in [0.717, 1.165) is 17.8 Å². The number of hydrogen-bond donors (Lipinski definition) is 1. The first-order valence-corrected chi connectivity index (χ1v) is 8.79. The van der Waals surface area contributed by atoms with Crippen molar-refractivity contribution in [2.45, 2.75) is 18.4 Å². The van der Waals surface area contributed by atoms with Crippen LogP contribution in [0.3, 0.4) is 0 Å². The number of piperidine rings is 3. The lowest BCUT2D eigenvalue weighted by molar-refractivity contribution is -0.0474. The monoisotopic (exact) mass is 334 g/mol. The molecule has 1 atom stereocenters. The molecule has 1 aromatic heterocycles. The smallest absolute Gasteiger partial charge is 0.401 e. The van der Waals surface area contributed by atoms with Crippen molar-refractivity contribution >= 4 is 18.1 Å². The first-order chi connectivity index (χ1) is 12.3. The molecule has 0 radical (unpaired) electrons. The molecule has 1 spiro atoms. The third kappa shape index (κ3) is 2.60. The zero-order valence-corrected chi connectivity index (χ0v) is 13.9. The molecule has 4 aliphatic rings. The molecule has 126 valence electrons. The third-order valence-electron chi connectivity index (χ3n) is 5.41. The van der Waals surface area contributed by atoms with Gasteiger partial charge in [0.1, 0.15) is 6.33 Å². The summed E-state index contributed by atoms with van der Waals surface area (Å²) in [6, 6.07) is 12.5. The zero-order valence-electron chi connectivity index (χ0n) is 13.9. The van der Waals surface area contributed by atoms with Crippen LogP contribution in [0.1, 0.15) is 12.8 Å². The fraction of sp³-hybridized carbons (Fsp3) is 0.368. The van der Waals surface area contributed by atoms with E-state index in [-0.39, 0.29) is 5.60 Å². The molecule has 1 unspecified atom stereocenters. The summed E-state index contributed by atoms with van der Waals surface area (Å²) < 4.78 is 10.8. The van der Waals surface area contributed by atoms with Gasteiger partial charge in [0.15, 0.2) is 0 Å². The van der Waals surface area contributed by atoms with Crippen LogP contribution in [0.5, 0.6) is 0 Å². The highest BCUT2D eigenvalue weighted by Crippen LogP contribution is 2.38. The van der Waals surface area contributed by atoms with E-state index in [2.05, 4.69) is 24.9 Å². The van der Waals surface area contributed by atoms with Gasteiger partial charge in [-0.25, -0.2) is 4.98 Å². The molecular formula is C19H20N5O+. The number of hydrogen-bond acceptors (Lipinski definition) is 5. The Morgan fingerprint density at radius 2 is 2.00 bits per heavy atom. The van der Waals surface area contributed by atoms with Crippen LogP contribution in [0, 0.1) is 5.92 Å². The van der Waals surface area contributed by atoms with Crippen molar-refractivity contribution in [2.24, 2.45) is 5.92 Å². The van der Waals surface area contributed by atoms with Crippen molar-refractivity contribution in [3.8, 4) is 11.3 Å². The Balaban J connectivity index is 1.33. The van der Waals surface area contributed by atoms with Gasteiger partial charge in [0, 0.05) is 24.1 Å². The quantitative estimate of drug-likeness (QED) is 0.844. The second kappa shape index (κ2) is 5.69. The molecule has 0 amide bonds.